The lowest BCUT2D eigenvalue weighted by Gasteiger charge is -2.39. The van der Waals surface area contributed by atoms with Gasteiger partial charge in [0.05, 0.1) is 6.04 Å². The number of hydrogen-bond donors (Lipinski definition) is 1. The van der Waals surface area contributed by atoms with Gasteiger partial charge in [0.25, 0.3) is 0 Å². The second kappa shape index (κ2) is 6.04. The largest absolute Gasteiger partial charge is 0.338 e. The number of unbranched alkanes of at least 4 members (excludes halogenated alkanes) is 1. The smallest absolute Gasteiger partial charge is 0.243 e. The van der Waals surface area contributed by atoms with Crippen molar-refractivity contribution in [2.75, 3.05) is 0 Å². The molecule has 1 aromatic rings. The molecular weight excluding hydrogens is 238 g/mol. The molecule has 1 saturated heterocycles. The third kappa shape index (κ3) is 2.99. The van der Waals surface area contributed by atoms with Gasteiger partial charge in [-0.25, -0.2) is 0 Å². The SMILES string of the molecule is CCCCc1noc(C2CCC3CCCCC3N2)n1. The standard InChI is InChI=1S/C15H25N3O/c1-2-3-8-14-17-15(19-18-14)13-10-9-11-6-4-5-7-12(11)16-13/h11-13,16H,2-10H2,1H3. The van der Waals surface area contributed by atoms with E-state index in [0.29, 0.717) is 12.1 Å². The molecule has 4 heteroatoms. The molecule has 1 N–H and O–H groups in total. The number of hydrogen-bond acceptors (Lipinski definition) is 4. The summed E-state index contributed by atoms with van der Waals surface area (Å²) in [4.78, 5) is 4.57. The average Bonchev–Trinajstić information content (AvgIpc) is 2.93. The fourth-order valence-electron chi connectivity index (χ4n) is 3.54. The summed E-state index contributed by atoms with van der Waals surface area (Å²) in [7, 11) is 0. The van der Waals surface area contributed by atoms with E-state index in [1.807, 2.05) is 0 Å². The number of nitrogens with zero attached hydrogens (tertiary/aromatic N) is 2. The van der Waals surface area contributed by atoms with Gasteiger partial charge in [-0.15, -0.1) is 0 Å². The molecule has 3 atom stereocenters. The minimum absolute atomic E-state index is 0.294. The second-order valence-corrected chi connectivity index (χ2v) is 6.10. The van der Waals surface area contributed by atoms with Gasteiger partial charge in [0.15, 0.2) is 5.82 Å². The first kappa shape index (κ1) is 13.1. The van der Waals surface area contributed by atoms with Crippen molar-refractivity contribution in [2.24, 2.45) is 5.92 Å². The summed E-state index contributed by atoms with van der Waals surface area (Å²) in [6.45, 7) is 2.19. The molecule has 0 radical (unpaired) electrons. The van der Waals surface area contributed by atoms with Crippen molar-refractivity contribution in [2.45, 2.75) is 76.8 Å². The minimum atomic E-state index is 0.294. The number of aromatic nitrogens is 2. The highest BCUT2D eigenvalue weighted by Gasteiger charge is 2.34. The second-order valence-electron chi connectivity index (χ2n) is 6.10. The molecule has 1 saturated carbocycles. The maximum atomic E-state index is 5.46. The molecule has 1 aromatic heterocycles. The van der Waals surface area contributed by atoms with E-state index in [-0.39, 0.29) is 0 Å². The Balaban J connectivity index is 1.61. The fourth-order valence-corrected chi connectivity index (χ4v) is 3.54. The molecule has 0 bridgehead atoms. The van der Waals surface area contributed by atoms with Crippen molar-refractivity contribution in [3.05, 3.63) is 11.7 Å². The summed E-state index contributed by atoms with van der Waals surface area (Å²) in [6, 6.07) is 0.973. The van der Waals surface area contributed by atoms with Crippen LogP contribution in [-0.4, -0.2) is 16.2 Å². The van der Waals surface area contributed by atoms with Crippen molar-refractivity contribution in [3.8, 4) is 0 Å². The topological polar surface area (TPSA) is 51.0 Å². The molecule has 1 aliphatic heterocycles. The highest BCUT2D eigenvalue weighted by molar-refractivity contribution is 4.99. The number of fused-ring (bicyclic) bond motifs is 1. The highest BCUT2D eigenvalue weighted by Crippen LogP contribution is 2.36. The number of piperidine rings is 1. The van der Waals surface area contributed by atoms with Gasteiger partial charge in [0, 0.05) is 12.5 Å². The van der Waals surface area contributed by atoms with Crippen molar-refractivity contribution < 1.29 is 4.52 Å². The third-order valence-corrected chi connectivity index (χ3v) is 4.69. The lowest BCUT2D eigenvalue weighted by molar-refractivity contribution is 0.158. The summed E-state index contributed by atoms with van der Waals surface area (Å²) < 4.78 is 5.46. The molecule has 0 aromatic carbocycles. The average molecular weight is 263 g/mol. The highest BCUT2D eigenvalue weighted by atomic mass is 16.5. The quantitative estimate of drug-likeness (QED) is 0.904. The minimum Gasteiger partial charge on any atom is -0.338 e. The van der Waals surface area contributed by atoms with Crippen molar-refractivity contribution in [1.29, 1.82) is 0 Å². The Labute approximate surface area is 115 Å². The maximum Gasteiger partial charge on any atom is 0.243 e. The first-order valence-electron chi connectivity index (χ1n) is 7.95. The fraction of sp³-hybridized carbons (Fsp3) is 0.867. The van der Waals surface area contributed by atoms with Gasteiger partial charge in [0.1, 0.15) is 0 Å². The lowest BCUT2D eigenvalue weighted by atomic mass is 9.78. The predicted molar refractivity (Wildman–Crippen MR) is 73.8 cm³/mol. The zero-order chi connectivity index (χ0) is 13.1. The molecule has 106 valence electrons. The van der Waals surface area contributed by atoms with Crippen LogP contribution >= 0.6 is 0 Å². The van der Waals surface area contributed by atoms with E-state index < -0.39 is 0 Å². The van der Waals surface area contributed by atoms with Crippen molar-refractivity contribution in [1.82, 2.24) is 15.5 Å². The molecule has 4 nitrogen and oxygen atoms in total. The zero-order valence-corrected chi connectivity index (χ0v) is 11.9. The van der Waals surface area contributed by atoms with Crippen molar-refractivity contribution >= 4 is 0 Å². The molecule has 2 fully saturated rings. The molecule has 3 rings (SSSR count). The molecule has 19 heavy (non-hydrogen) atoms. The molecule has 1 aliphatic carbocycles. The van der Waals surface area contributed by atoms with Crippen LogP contribution in [0.3, 0.4) is 0 Å². The van der Waals surface area contributed by atoms with E-state index in [0.717, 1.165) is 36.9 Å². The number of aryl methyl sites for hydroxylation is 1. The van der Waals surface area contributed by atoms with Gasteiger partial charge < -0.3 is 9.84 Å². The van der Waals surface area contributed by atoms with Gasteiger partial charge in [-0.3, -0.25) is 0 Å². The normalized spacial score (nSPS) is 31.1. The van der Waals surface area contributed by atoms with Crippen LogP contribution in [0, 0.1) is 5.92 Å². The van der Waals surface area contributed by atoms with Crippen LogP contribution in [0.1, 0.15) is 76.0 Å². The third-order valence-electron chi connectivity index (χ3n) is 4.69. The van der Waals surface area contributed by atoms with E-state index in [1.54, 1.807) is 0 Å². The summed E-state index contributed by atoms with van der Waals surface area (Å²) >= 11 is 0. The zero-order valence-electron chi connectivity index (χ0n) is 11.9. The van der Waals surface area contributed by atoms with Gasteiger partial charge in [-0.1, -0.05) is 31.3 Å². The van der Waals surface area contributed by atoms with Gasteiger partial charge in [-0.2, -0.15) is 4.98 Å². The van der Waals surface area contributed by atoms with Crippen LogP contribution in [0.5, 0.6) is 0 Å². The summed E-state index contributed by atoms with van der Waals surface area (Å²) in [5.74, 6) is 2.58. The predicted octanol–water partition coefficient (Wildman–Crippen LogP) is 3.40. The van der Waals surface area contributed by atoms with Gasteiger partial charge in [-0.05, 0) is 38.0 Å². The molecule has 0 spiro atoms. The van der Waals surface area contributed by atoms with Crippen LogP contribution in [0.25, 0.3) is 0 Å². The molecular formula is C15H25N3O. The lowest BCUT2D eigenvalue weighted by Crippen LogP contribution is -2.44. The Hall–Kier alpha value is -0.900. The summed E-state index contributed by atoms with van der Waals surface area (Å²) in [6.07, 6.45) is 11.2. The van der Waals surface area contributed by atoms with E-state index in [2.05, 4.69) is 22.4 Å². The Morgan fingerprint density at radius 2 is 2.11 bits per heavy atom. The molecule has 2 aliphatic rings. The Morgan fingerprint density at radius 3 is 3.00 bits per heavy atom. The van der Waals surface area contributed by atoms with E-state index in [4.69, 9.17) is 4.52 Å². The number of nitrogens with one attached hydrogen (secondary N) is 1. The Bertz CT molecular complexity index is 404. The summed E-state index contributed by atoms with van der Waals surface area (Å²) in [5.41, 5.74) is 0. The van der Waals surface area contributed by atoms with Gasteiger partial charge >= 0.3 is 0 Å². The summed E-state index contributed by atoms with van der Waals surface area (Å²) in [5, 5.41) is 7.85. The van der Waals surface area contributed by atoms with E-state index in [1.165, 1.54) is 38.5 Å². The number of rotatable bonds is 4. The van der Waals surface area contributed by atoms with Crippen LogP contribution < -0.4 is 5.32 Å². The first-order valence-corrected chi connectivity index (χ1v) is 7.95. The maximum absolute atomic E-state index is 5.46. The monoisotopic (exact) mass is 263 g/mol. The van der Waals surface area contributed by atoms with Crippen LogP contribution in [0.2, 0.25) is 0 Å². The molecule has 3 unspecified atom stereocenters. The van der Waals surface area contributed by atoms with Gasteiger partial charge in [0.2, 0.25) is 5.89 Å². The van der Waals surface area contributed by atoms with E-state index >= 15 is 0 Å². The molecule has 2 heterocycles. The van der Waals surface area contributed by atoms with Crippen LogP contribution in [0.15, 0.2) is 4.52 Å². The van der Waals surface area contributed by atoms with E-state index in [9.17, 15) is 0 Å². The first-order chi connectivity index (χ1) is 9.36. The van der Waals surface area contributed by atoms with Crippen molar-refractivity contribution in [3.63, 3.8) is 0 Å². The Morgan fingerprint density at radius 1 is 1.21 bits per heavy atom. The Kier molecular flexibility index (Phi) is 4.16. The van der Waals surface area contributed by atoms with Crippen LogP contribution in [0.4, 0.5) is 0 Å². The molecule has 0 amide bonds. The van der Waals surface area contributed by atoms with Crippen LogP contribution in [-0.2, 0) is 6.42 Å².